The van der Waals surface area contributed by atoms with E-state index in [1.807, 2.05) is 24.3 Å². The van der Waals surface area contributed by atoms with Crippen molar-refractivity contribution < 1.29 is 66.7 Å². The van der Waals surface area contributed by atoms with E-state index >= 15 is 0 Å². The van der Waals surface area contributed by atoms with Gasteiger partial charge in [-0.15, -0.1) is 0 Å². The number of rotatable bonds is 47. The molecule has 1 unspecified atom stereocenters. The summed E-state index contributed by atoms with van der Waals surface area (Å²) in [5.74, 6) is -0.286. The lowest BCUT2D eigenvalue weighted by Gasteiger charge is -2.20. The Labute approximate surface area is 399 Å². The maximum atomic E-state index is 12.7. The van der Waals surface area contributed by atoms with Crippen molar-refractivity contribution in [2.75, 3.05) is 26.4 Å². The number of hydrogen-bond donors (Lipinski definition) is 5. The van der Waals surface area contributed by atoms with Crippen molar-refractivity contribution in [3.05, 3.63) is 48.6 Å². The molecule has 66 heavy (non-hydrogen) atoms. The van der Waals surface area contributed by atoms with Crippen LogP contribution in [0.3, 0.4) is 0 Å². The second-order valence-corrected chi connectivity index (χ2v) is 20.4. The van der Waals surface area contributed by atoms with E-state index < -0.39 is 66.2 Å². The molecule has 386 valence electrons. The van der Waals surface area contributed by atoms with Crippen LogP contribution in [0.25, 0.3) is 0 Å². The maximum absolute atomic E-state index is 12.7. The van der Waals surface area contributed by atoms with Crippen molar-refractivity contribution in [3.63, 3.8) is 0 Å². The SMILES string of the molecule is CCCC[C@H](O)/C=C\C/C=C\C/C=C\C/C=C\CCCC(=O)OC[C@H](COP(=O)(O)OC[C@@H](O)COP(=O)(O)O)OC(=O)CCCCCCCCCCCCCCCCCCCCC(C)C. The molecule has 0 fully saturated rings. The highest BCUT2D eigenvalue weighted by Gasteiger charge is 2.28. The smallest absolute Gasteiger partial charge is 0.462 e. The molecule has 0 aromatic heterocycles. The Balaban J connectivity index is 4.49. The zero-order valence-electron chi connectivity index (χ0n) is 41.1. The topological polar surface area (TPSA) is 216 Å². The van der Waals surface area contributed by atoms with E-state index in [-0.39, 0.29) is 18.9 Å². The van der Waals surface area contributed by atoms with Crippen molar-refractivity contribution in [1.29, 1.82) is 0 Å². The lowest BCUT2D eigenvalue weighted by Crippen LogP contribution is -2.30. The van der Waals surface area contributed by atoms with Gasteiger partial charge in [-0.25, -0.2) is 9.13 Å². The highest BCUT2D eigenvalue weighted by molar-refractivity contribution is 7.47. The number of phosphoric ester groups is 2. The van der Waals surface area contributed by atoms with Crippen molar-refractivity contribution in [1.82, 2.24) is 0 Å². The summed E-state index contributed by atoms with van der Waals surface area (Å²) >= 11 is 0. The van der Waals surface area contributed by atoms with Gasteiger partial charge < -0.3 is 34.4 Å². The molecule has 4 atom stereocenters. The molecule has 14 nitrogen and oxygen atoms in total. The molecule has 16 heteroatoms. The molecule has 0 radical (unpaired) electrons. The fourth-order valence-electron chi connectivity index (χ4n) is 6.84. The Hall–Kier alpha value is -1.96. The Morgan fingerprint density at radius 1 is 0.515 bits per heavy atom. The van der Waals surface area contributed by atoms with Gasteiger partial charge in [0.25, 0.3) is 0 Å². The third-order valence-corrected chi connectivity index (χ3v) is 12.1. The van der Waals surface area contributed by atoms with E-state index in [2.05, 4.69) is 49.6 Å². The van der Waals surface area contributed by atoms with Gasteiger partial charge in [0.2, 0.25) is 0 Å². The first-order valence-electron chi connectivity index (χ1n) is 25.3. The summed E-state index contributed by atoms with van der Waals surface area (Å²) in [6.45, 7) is 3.91. The summed E-state index contributed by atoms with van der Waals surface area (Å²) in [6.07, 6.45) is 43.0. The van der Waals surface area contributed by atoms with Gasteiger partial charge in [0.15, 0.2) is 6.10 Å². The van der Waals surface area contributed by atoms with Crippen molar-refractivity contribution in [2.24, 2.45) is 5.92 Å². The van der Waals surface area contributed by atoms with Gasteiger partial charge in [-0.05, 0) is 50.9 Å². The van der Waals surface area contributed by atoms with Crippen LogP contribution in [0, 0.1) is 5.92 Å². The Morgan fingerprint density at radius 3 is 1.48 bits per heavy atom. The number of carbonyl (C=O) groups is 2. The van der Waals surface area contributed by atoms with Crippen molar-refractivity contribution >= 4 is 27.6 Å². The molecule has 0 aliphatic carbocycles. The first-order chi connectivity index (χ1) is 31.6. The highest BCUT2D eigenvalue weighted by atomic mass is 31.2. The predicted molar refractivity (Wildman–Crippen MR) is 264 cm³/mol. The van der Waals surface area contributed by atoms with Gasteiger partial charge in [-0.3, -0.25) is 23.2 Å². The first kappa shape index (κ1) is 64.0. The molecular weight excluding hydrogens is 886 g/mol. The lowest BCUT2D eigenvalue weighted by atomic mass is 10.0. The lowest BCUT2D eigenvalue weighted by molar-refractivity contribution is -0.161. The van der Waals surface area contributed by atoms with Crippen LogP contribution in [0.2, 0.25) is 0 Å². The van der Waals surface area contributed by atoms with Crippen LogP contribution in [-0.4, -0.2) is 81.6 Å². The molecule has 0 aliphatic rings. The molecule has 0 saturated heterocycles. The summed E-state index contributed by atoms with van der Waals surface area (Å²) in [6, 6.07) is 0. The number of unbranched alkanes of at least 4 members (excludes halogenated alkanes) is 19. The van der Waals surface area contributed by atoms with Gasteiger partial charge in [0, 0.05) is 12.8 Å². The monoisotopic (exact) mass is 979 g/mol. The van der Waals surface area contributed by atoms with Crippen LogP contribution in [0.4, 0.5) is 0 Å². The van der Waals surface area contributed by atoms with Gasteiger partial charge >= 0.3 is 27.6 Å². The average Bonchev–Trinajstić information content (AvgIpc) is 3.26. The minimum atomic E-state index is -4.88. The quantitative estimate of drug-likeness (QED) is 0.0166. The molecule has 0 aromatic carbocycles. The van der Waals surface area contributed by atoms with E-state index in [0.29, 0.717) is 19.3 Å². The van der Waals surface area contributed by atoms with Crippen LogP contribution < -0.4 is 0 Å². The number of hydrogen-bond acceptors (Lipinski definition) is 11. The molecule has 0 rings (SSSR count). The summed E-state index contributed by atoms with van der Waals surface area (Å²) < 4.78 is 47.9. The molecule has 0 aromatic rings. The zero-order valence-corrected chi connectivity index (χ0v) is 42.9. The van der Waals surface area contributed by atoms with Gasteiger partial charge in [0.1, 0.15) is 12.7 Å². The summed E-state index contributed by atoms with van der Waals surface area (Å²) in [5, 5.41) is 19.6. The third kappa shape index (κ3) is 48.5. The van der Waals surface area contributed by atoms with Crippen LogP contribution in [0.15, 0.2) is 48.6 Å². The second kappa shape index (κ2) is 44.3. The largest absolute Gasteiger partial charge is 0.472 e. The number of allylic oxidation sites excluding steroid dienone is 7. The highest BCUT2D eigenvalue weighted by Crippen LogP contribution is 2.44. The molecule has 5 N–H and O–H groups in total. The number of esters is 2. The fourth-order valence-corrected chi connectivity index (χ4v) is 8.00. The molecular formula is C50H92O14P2. The van der Waals surface area contributed by atoms with E-state index in [1.165, 1.54) is 96.3 Å². The molecule has 0 bridgehead atoms. The predicted octanol–water partition coefficient (Wildman–Crippen LogP) is 12.6. The standard InChI is InChI=1S/C50H92O14P2/c1-4-5-37-46(51)38-33-29-25-21-17-14-15-18-22-26-30-34-39-49(53)60-43-48(44-63-66(58,59)62-42-47(52)41-61-65(55,56)57)64-50(54)40-35-31-27-23-19-13-11-9-7-6-8-10-12-16-20-24-28-32-36-45(2)3/h14-15,21-22,25-26,33,38,45-48,51-52H,4-13,16-20,23-24,27-32,34-37,39-44H2,1-3H3,(H,58,59)(H2,55,56,57)/b15-14-,25-21-,26-22-,38-33-/t46-,47-,48+/m0/s1. The van der Waals surface area contributed by atoms with Crippen LogP contribution in [-0.2, 0) is 41.8 Å². The Morgan fingerprint density at radius 2 is 0.970 bits per heavy atom. The number of ether oxygens (including phenoxy) is 2. The minimum Gasteiger partial charge on any atom is -0.462 e. The van der Waals surface area contributed by atoms with Crippen LogP contribution in [0.1, 0.15) is 207 Å². The maximum Gasteiger partial charge on any atom is 0.472 e. The van der Waals surface area contributed by atoms with Crippen LogP contribution >= 0.6 is 15.6 Å². The van der Waals surface area contributed by atoms with Crippen molar-refractivity contribution in [3.8, 4) is 0 Å². The first-order valence-corrected chi connectivity index (χ1v) is 28.3. The number of aliphatic hydroxyl groups is 2. The van der Waals surface area contributed by atoms with E-state index in [9.17, 15) is 33.8 Å². The molecule has 0 saturated carbocycles. The minimum absolute atomic E-state index is 0.103. The fraction of sp³-hybridized carbons (Fsp3) is 0.800. The summed E-state index contributed by atoms with van der Waals surface area (Å²) in [4.78, 5) is 52.9. The average molecular weight is 979 g/mol. The third-order valence-electron chi connectivity index (χ3n) is 10.7. The Kier molecular flexibility index (Phi) is 42.9. The normalized spacial score (nSPS) is 14.8. The summed E-state index contributed by atoms with van der Waals surface area (Å²) in [5.41, 5.74) is 0. The van der Waals surface area contributed by atoms with Gasteiger partial charge in [-0.1, -0.05) is 198 Å². The molecule has 0 heterocycles. The number of aliphatic hydroxyl groups excluding tert-OH is 2. The van der Waals surface area contributed by atoms with E-state index in [0.717, 1.165) is 63.7 Å². The van der Waals surface area contributed by atoms with Gasteiger partial charge in [-0.2, -0.15) is 0 Å². The van der Waals surface area contributed by atoms with Crippen molar-refractivity contribution in [2.45, 2.75) is 225 Å². The number of phosphoric acid groups is 2. The molecule has 0 spiro atoms. The zero-order chi connectivity index (χ0) is 49.0. The van der Waals surface area contributed by atoms with Gasteiger partial charge in [0.05, 0.1) is 25.9 Å². The molecule has 0 amide bonds. The second-order valence-electron chi connectivity index (χ2n) is 17.7. The van der Waals surface area contributed by atoms with E-state index in [4.69, 9.17) is 28.3 Å². The number of carbonyl (C=O) groups excluding carboxylic acids is 2. The van der Waals surface area contributed by atoms with Crippen LogP contribution in [0.5, 0.6) is 0 Å². The Bertz CT molecular complexity index is 1380. The summed E-state index contributed by atoms with van der Waals surface area (Å²) in [7, 11) is -9.71. The van der Waals surface area contributed by atoms with E-state index in [1.54, 1.807) is 0 Å². The molecule has 0 aliphatic heterocycles.